The molecule has 5 rings (SSSR count). The number of hydrogen-bond acceptors (Lipinski definition) is 5. The predicted octanol–water partition coefficient (Wildman–Crippen LogP) is 3.57. The van der Waals surface area contributed by atoms with Crippen molar-refractivity contribution in [1.29, 1.82) is 0 Å². The lowest BCUT2D eigenvalue weighted by Crippen LogP contribution is -2.45. The fourth-order valence-electron chi connectivity index (χ4n) is 4.77. The molecule has 2 fully saturated rings. The fraction of sp³-hybridized carbons (Fsp3) is 0.480. The highest BCUT2D eigenvalue weighted by molar-refractivity contribution is 5.89. The van der Waals surface area contributed by atoms with Crippen LogP contribution in [0.15, 0.2) is 42.7 Å². The highest BCUT2D eigenvalue weighted by atomic mass is 16.5. The second kappa shape index (κ2) is 9.79. The molecule has 2 saturated heterocycles. The molecule has 3 amide bonds. The van der Waals surface area contributed by atoms with E-state index in [0.29, 0.717) is 26.1 Å². The van der Waals surface area contributed by atoms with Crippen LogP contribution in [-0.2, 0) is 22.6 Å². The lowest BCUT2D eigenvalue weighted by atomic mass is 10.1. The molecule has 3 aliphatic heterocycles. The summed E-state index contributed by atoms with van der Waals surface area (Å²) >= 11 is 0. The van der Waals surface area contributed by atoms with Crippen LogP contribution in [0.2, 0.25) is 0 Å². The largest absolute Gasteiger partial charge is 0.489 e. The van der Waals surface area contributed by atoms with E-state index in [1.807, 2.05) is 41.4 Å². The van der Waals surface area contributed by atoms with Gasteiger partial charge in [-0.05, 0) is 67.1 Å². The summed E-state index contributed by atoms with van der Waals surface area (Å²) in [4.78, 5) is 33.1. The first-order valence-electron chi connectivity index (χ1n) is 11.8. The van der Waals surface area contributed by atoms with Gasteiger partial charge in [0.25, 0.3) is 0 Å². The first-order valence-corrected chi connectivity index (χ1v) is 11.8. The molecule has 4 heterocycles. The Balaban J connectivity index is 1.11. The van der Waals surface area contributed by atoms with E-state index >= 15 is 0 Å². The van der Waals surface area contributed by atoms with Crippen molar-refractivity contribution in [3.05, 3.63) is 53.9 Å². The summed E-state index contributed by atoms with van der Waals surface area (Å²) in [5.41, 5.74) is 2.95. The number of carbonyl (C=O) groups excluding carboxylic acids is 2. The van der Waals surface area contributed by atoms with Crippen molar-refractivity contribution in [3.63, 3.8) is 0 Å². The maximum Gasteiger partial charge on any atom is 0.322 e. The van der Waals surface area contributed by atoms with Crippen LogP contribution in [0, 0.1) is 0 Å². The van der Waals surface area contributed by atoms with E-state index in [0.717, 1.165) is 61.4 Å². The number of carbonyl (C=O) groups is 2. The Morgan fingerprint density at radius 2 is 1.91 bits per heavy atom. The molecule has 2 unspecified atom stereocenters. The molecule has 8 nitrogen and oxygen atoms in total. The fourth-order valence-corrected chi connectivity index (χ4v) is 4.77. The Labute approximate surface area is 193 Å². The van der Waals surface area contributed by atoms with Gasteiger partial charge in [-0.25, -0.2) is 4.79 Å². The van der Waals surface area contributed by atoms with E-state index < -0.39 is 0 Å². The van der Waals surface area contributed by atoms with Crippen LogP contribution in [0.5, 0.6) is 5.75 Å². The van der Waals surface area contributed by atoms with E-state index in [4.69, 9.17) is 9.47 Å². The van der Waals surface area contributed by atoms with Crippen LogP contribution in [0.4, 0.5) is 10.5 Å². The highest BCUT2D eigenvalue weighted by Gasteiger charge is 2.28. The summed E-state index contributed by atoms with van der Waals surface area (Å²) < 4.78 is 11.8. The van der Waals surface area contributed by atoms with Gasteiger partial charge in [-0.1, -0.05) is 0 Å². The van der Waals surface area contributed by atoms with Gasteiger partial charge >= 0.3 is 6.03 Å². The quantitative estimate of drug-likeness (QED) is 0.753. The topological polar surface area (TPSA) is 84.0 Å². The van der Waals surface area contributed by atoms with Crippen molar-refractivity contribution >= 4 is 17.6 Å². The number of amides is 3. The normalized spacial score (nSPS) is 22.2. The third-order valence-corrected chi connectivity index (χ3v) is 6.58. The summed E-state index contributed by atoms with van der Waals surface area (Å²) in [6.45, 7) is 3.32. The SMILES string of the molecule is O=C(CC1CCCO1)N1CCCC(Oc2ccc(NC(=O)N3Cc4ccncc4C3)cc2)C1. The second-order valence-electron chi connectivity index (χ2n) is 9.02. The number of pyridine rings is 1. The molecule has 33 heavy (non-hydrogen) atoms. The molecule has 1 aromatic heterocycles. The molecule has 0 aliphatic carbocycles. The Morgan fingerprint density at radius 3 is 2.70 bits per heavy atom. The van der Waals surface area contributed by atoms with Gasteiger partial charge in [0.05, 0.1) is 19.1 Å². The number of likely N-dealkylation sites (tertiary alicyclic amines) is 1. The minimum Gasteiger partial charge on any atom is -0.489 e. The zero-order valence-corrected chi connectivity index (χ0v) is 18.7. The Kier molecular flexibility index (Phi) is 6.44. The molecule has 8 heteroatoms. The summed E-state index contributed by atoms with van der Waals surface area (Å²) in [6.07, 6.45) is 7.98. The highest BCUT2D eigenvalue weighted by Crippen LogP contribution is 2.25. The first-order chi connectivity index (χ1) is 16.1. The van der Waals surface area contributed by atoms with Crippen LogP contribution in [0.3, 0.4) is 0 Å². The maximum atomic E-state index is 12.6. The van der Waals surface area contributed by atoms with Gasteiger partial charge in [-0.3, -0.25) is 9.78 Å². The number of benzene rings is 1. The molecule has 3 aliphatic rings. The average Bonchev–Trinajstić information content (AvgIpc) is 3.50. The molecule has 0 spiro atoms. The summed E-state index contributed by atoms with van der Waals surface area (Å²) in [5.74, 6) is 0.902. The number of nitrogens with zero attached hydrogens (tertiary/aromatic N) is 3. The van der Waals surface area contributed by atoms with E-state index in [1.54, 1.807) is 11.1 Å². The zero-order chi connectivity index (χ0) is 22.6. The second-order valence-corrected chi connectivity index (χ2v) is 9.02. The average molecular weight is 451 g/mol. The van der Waals surface area contributed by atoms with E-state index in [1.165, 1.54) is 0 Å². The molecule has 2 aromatic rings. The molecule has 2 atom stereocenters. The first kappa shape index (κ1) is 21.7. The lowest BCUT2D eigenvalue weighted by Gasteiger charge is -2.33. The Morgan fingerprint density at radius 1 is 1.06 bits per heavy atom. The molecule has 0 saturated carbocycles. The molecule has 1 aromatic carbocycles. The van der Waals surface area contributed by atoms with Crippen LogP contribution >= 0.6 is 0 Å². The maximum absolute atomic E-state index is 12.6. The third kappa shape index (κ3) is 5.27. The smallest absolute Gasteiger partial charge is 0.322 e. The summed E-state index contributed by atoms with van der Waals surface area (Å²) in [7, 11) is 0. The van der Waals surface area contributed by atoms with Gasteiger partial charge < -0.3 is 24.6 Å². The third-order valence-electron chi connectivity index (χ3n) is 6.58. The van der Waals surface area contributed by atoms with E-state index in [2.05, 4.69) is 10.3 Å². The number of aromatic nitrogens is 1. The van der Waals surface area contributed by atoms with Gasteiger partial charge in [-0.2, -0.15) is 0 Å². The molecular weight excluding hydrogens is 420 g/mol. The van der Waals surface area contributed by atoms with Crippen LogP contribution in [0.1, 0.15) is 43.2 Å². The molecule has 1 N–H and O–H groups in total. The monoisotopic (exact) mass is 450 g/mol. The van der Waals surface area contributed by atoms with E-state index in [9.17, 15) is 9.59 Å². The summed E-state index contributed by atoms with van der Waals surface area (Å²) in [6, 6.07) is 9.25. The number of hydrogen-bond donors (Lipinski definition) is 1. The van der Waals surface area contributed by atoms with Gasteiger partial charge in [-0.15, -0.1) is 0 Å². The summed E-state index contributed by atoms with van der Waals surface area (Å²) in [5, 5.41) is 2.95. The number of piperidine rings is 1. The van der Waals surface area contributed by atoms with Crippen molar-refractivity contribution < 1.29 is 19.1 Å². The number of urea groups is 1. The van der Waals surface area contributed by atoms with E-state index in [-0.39, 0.29) is 24.1 Å². The van der Waals surface area contributed by atoms with Gasteiger partial charge in [0.15, 0.2) is 0 Å². The van der Waals surface area contributed by atoms with Crippen molar-refractivity contribution in [2.75, 3.05) is 25.0 Å². The number of rotatable bonds is 5. The number of nitrogens with one attached hydrogen (secondary N) is 1. The van der Waals surface area contributed by atoms with Crippen molar-refractivity contribution in [2.24, 2.45) is 0 Å². The van der Waals surface area contributed by atoms with Crippen LogP contribution in [0.25, 0.3) is 0 Å². The van der Waals surface area contributed by atoms with Crippen molar-refractivity contribution in [2.45, 2.75) is 57.4 Å². The van der Waals surface area contributed by atoms with Gasteiger partial charge in [0.2, 0.25) is 5.91 Å². The molecule has 0 bridgehead atoms. The number of ether oxygens (including phenoxy) is 2. The zero-order valence-electron chi connectivity index (χ0n) is 18.7. The van der Waals surface area contributed by atoms with Gasteiger partial charge in [0.1, 0.15) is 11.9 Å². The van der Waals surface area contributed by atoms with Crippen molar-refractivity contribution in [3.8, 4) is 5.75 Å². The minimum absolute atomic E-state index is 0.0237. The number of anilines is 1. The molecular formula is C25H30N4O4. The molecule has 0 radical (unpaired) electrons. The van der Waals surface area contributed by atoms with Crippen LogP contribution < -0.4 is 10.1 Å². The lowest BCUT2D eigenvalue weighted by molar-refractivity contribution is -0.136. The number of fused-ring (bicyclic) bond motifs is 1. The minimum atomic E-state index is -0.132. The molecule has 174 valence electrons. The standard InChI is InChI=1S/C25H30N4O4/c30-24(13-22-4-2-12-32-22)28-11-1-3-23(17-28)33-21-7-5-20(6-8-21)27-25(31)29-15-18-9-10-26-14-19(18)16-29/h5-10,14,22-23H,1-4,11-13,15-17H2,(H,27,31). The Bertz CT molecular complexity index is 965. The van der Waals surface area contributed by atoms with Crippen LogP contribution in [-0.4, -0.2) is 58.6 Å². The predicted molar refractivity (Wildman–Crippen MR) is 123 cm³/mol. The van der Waals surface area contributed by atoms with Crippen molar-refractivity contribution in [1.82, 2.24) is 14.8 Å². The Hall–Kier alpha value is -3.13. The van der Waals surface area contributed by atoms with Gasteiger partial charge in [0, 0.05) is 44.3 Å².